The Labute approximate surface area is 87.4 Å². The van der Waals surface area contributed by atoms with Crippen molar-refractivity contribution in [1.82, 2.24) is 4.98 Å². The Morgan fingerprint density at radius 1 is 1.62 bits per heavy atom. The zero-order valence-electron chi connectivity index (χ0n) is 6.72. The lowest BCUT2D eigenvalue weighted by molar-refractivity contribution is 0.146. The van der Waals surface area contributed by atoms with Crippen LogP contribution in [0.5, 0.6) is 5.75 Å². The van der Waals surface area contributed by atoms with Crippen molar-refractivity contribution in [2.45, 2.75) is 6.43 Å². The van der Waals surface area contributed by atoms with E-state index in [1.54, 1.807) is 0 Å². The summed E-state index contributed by atoms with van der Waals surface area (Å²) in [6.07, 6.45) is -1.57. The molecule has 0 radical (unpaired) electrons. The summed E-state index contributed by atoms with van der Waals surface area (Å²) in [5.74, 6) is 0.296. The molecule has 0 bridgehead atoms. The van der Waals surface area contributed by atoms with Crippen LogP contribution in [-0.2, 0) is 0 Å². The summed E-state index contributed by atoms with van der Waals surface area (Å²) in [5.41, 5.74) is 5.19. The van der Waals surface area contributed by atoms with E-state index in [0.717, 1.165) is 6.20 Å². The highest BCUT2D eigenvalue weighted by Gasteiger charge is 2.18. The lowest BCUT2D eigenvalue weighted by Crippen LogP contribution is -2.01. The van der Waals surface area contributed by atoms with Crippen LogP contribution in [0.25, 0.3) is 0 Å². The van der Waals surface area contributed by atoms with Gasteiger partial charge in [0, 0.05) is 6.20 Å². The second-order valence-electron chi connectivity index (χ2n) is 2.25. The van der Waals surface area contributed by atoms with Crippen molar-refractivity contribution < 1.29 is 13.5 Å². The van der Waals surface area contributed by atoms with Gasteiger partial charge in [0.2, 0.25) is 0 Å². The van der Waals surface area contributed by atoms with Crippen molar-refractivity contribution in [3.05, 3.63) is 15.3 Å². The molecule has 2 N–H and O–H groups in total. The van der Waals surface area contributed by atoms with E-state index in [-0.39, 0.29) is 17.1 Å². The van der Waals surface area contributed by atoms with E-state index in [2.05, 4.69) is 4.98 Å². The lowest BCUT2D eigenvalue weighted by atomic mass is 10.2. The van der Waals surface area contributed by atoms with E-state index in [1.807, 2.05) is 22.6 Å². The van der Waals surface area contributed by atoms with Gasteiger partial charge < -0.3 is 10.5 Å². The van der Waals surface area contributed by atoms with E-state index in [0.29, 0.717) is 3.57 Å². The van der Waals surface area contributed by atoms with Gasteiger partial charge in [0.25, 0.3) is 6.43 Å². The van der Waals surface area contributed by atoms with Crippen molar-refractivity contribution in [3.63, 3.8) is 0 Å². The number of nitrogens with two attached hydrogens (primary N) is 1. The summed E-state index contributed by atoms with van der Waals surface area (Å²) >= 11 is 1.82. The molecule has 6 heteroatoms. The molecular weight excluding hydrogens is 293 g/mol. The largest absolute Gasteiger partial charge is 0.495 e. The molecule has 0 fully saturated rings. The first kappa shape index (κ1) is 10.4. The zero-order chi connectivity index (χ0) is 10.0. The average Bonchev–Trinajstić information content (AvgIpc) is 2.09. The summed E-state index contributed by atoms with van der Waals surface area (Å²) in [7, 11) is 1.32. The van der Waals surface area contributed by atoms with Gasteiger partial charge in [0.15, 0.2) is 0 Å². The Morgan fingerprint density at radius 2 is 2.23 bits per heavy atom. The highest BCUT2D eigenvalue weighted by atomic mass is 127. The fraction of sp³-hybridized carbons (Fsp3) is 0.286. The third kappa shape index (κ3) is 1.98. The van der Waals surface area contributed by atoms with Gasteiger partial charge in [-0.25, -0.2) is 13.8 Å². The first-order valence-electron chi connectivity index (χ1n) is 3.34. The summed E-state index contributed by atoms with van der Waals surface area (Å²) in [4.78, 5) is 3.62. The number of alkyl halides is 2. The molecule has 1 aromatic rings. The molecule has 0 aromatic carbocycles. The minimum atomic E-state index is -2.60. The molecule has 0 aliphatic rings. The Hall–Kier alpha value is -0.660. The molecule has 0 unspecified atom stereocenters. The minimum absolute atomic E-state index is 0.100. The Kier molecular flexibility index (Phi) is 3.23. The van der Waals surface area contributed by atoms with Crippen LogP contribution in [0.3, 0.4) is 0 Å². The fourth-order valence-electron chi connectivity index (χ4n) is 0.860. The van der Waals surface area contributed by atoms with Gasteiger partial charge in [-0.05, 0) is 22.6 Å². The van der Waals surface area contributed by atoms with Crippen LogP contribution in [0.4, 0.5) is 14.6 Å². The van der Waals surface area contributed by atoms with Gasteiger partial charge >= 0.3 is 0 Å². The molecule has 72 valence electrons. The topological polar surface area (TPSA) is 48.1 Å². The fourth-order valence-corrected chi connectivity index (χ4v) is 1.53. The van der Waals surface area contributed by atoms with Crippen molar-refractivity contribution in [2.24, 2.45) is 0 Å². The maximum atomic E-state index is 12.4. The van der Waals surface area contributed by atoms with Gasteiger partial charge in [0.1, 0.15) is 11.6 Å². The molecule has 1 rings (SSSR count). The van der Waals surface area contributed by atoms with Gasteiger partial charge in [-0.1, -0.05) is 0 Å². The van der Waals surface area contributed by atoms with E-state index in [4.69, 9.17) is 10.5 Å². The van der Waals surface area contributed by atoms with Crippen molar-refractivity contribution in [2.75, 3.05) is 12.8 Å². The van der Waals surface area contributed by atoms with Crippen molar-refractivity contribution in [3.8, 4) is 5.75 Å². The quantitative estimate of drug-likeness (QED) is 0.852. The standard InChI is InChI=1S/C7H7F2IN2O/c1-13-5-3(6(8)9)2-12-7(11)4(5)10/h2,6H,1H3,(H2,11,12). The summed E-state index contributed by atoms with van der Waals surface area (Å²) in [6, 6.07) is 0. The Balaban J connectivity index is 3.30. The number of nitrogen functional groups attached to an aromatic ring is 1. The highest BCUT2D eigenvalue weighted by Crippen LogP contribution is 2.34. The van der Waals surface area contributed by atoms with Crippen LogP contribution in [0.2, 0.25) is 0 Å². The van der Waals surface area contributed by atoms with E-state index < -0.39 is 6.43 Å². The van der Waals surface area contributed by atoms with E-state index in [9.17, 15) is 8.78 Å². The molecule has 3 nitrogen and oxygen atoms in total. The molecule has 0 aliphatic carbocycles. The van der Waals surface area contributed by atoms with Crippen LogP contribution in [0, 0.1) is 3.57 Å². The number of methoxy groups -OCH3 is 1. The second kappa shape index (κ2) is 4.03. The smallest absolute Gasteiger partial charge is 0.268 e. The molecule has 13 heavy (non-hydrogen) atoms. The lowest BCUT2D eigenvalue weighted by Gasteiger charge is -2.10. The Bertz CT molecular complexity index is 320. The SMILES string of the molecule is COc1c(C(F)F)cnc(N)c1I. The van der Waals surface area contributed by atoms with Crippen LogP contribution in [0.15, 0.2) is 6.20 Å². The van der Waals surface area contributed by atoms with E-state index >= 15 is 0 Å². The number of anilines is 1. The van der Waals surface area contributed by atoms with Crippen molar-refractivity contribution in [1.29, 1.82) is 0 Å². The summed E-state index contributed by atoms with van der Waals surface area (Å²) in [5, 5.41) is 0. The van der Waals surface area contributed by atoms with Crippen molar-refractivity contribution >= 4 is 28.4 Å². The molecule has 1 aromatic heterocycles. The normalized spacial score (nSPS) is 10.5. The zero-order valence-corrected chi connectivity index (χ0v) is 8.88. The number of ether oxygens (including phenoxy) is 1. The molecular formula is C7H7F2IN2O. The molecule has 1 heterocycles. The third-order valence-corrected chi connectivity index (χ3v) is 2.51. The van der Waals surface area contributed by atoms with E-state index in [1.165, 1.54) is 7.11 Å². The number of hydrogen-bond acceptors (Lipinski definition) is 3. The predicted molar refractivity (Wildman–Crippen MR) is 52.9 cm³/mol. The Morgan fingerprint density at radius 3 is 2.69 bits per heavy atom. The van der Waals surface area contributed by atoms with Crippen LogP contribution in [0.1, 0.15) is 12.0 Å². The van der Waals surface area contributed by atoms with Gasteiger partial charge in [-0.15, -0.1) is 0 Å². The number of pyridine rings is 1. The average molecular weight is 300 g/mol. The van der Waals surface area contributed by atoms with Gasteiger partial charge in [0.05, 0.1) is 16.2 Å². The molecule has 0 saturated carbocycles. The molecule has 0 spiro atoms. The molecule has 0 aliphatic heterocycles. The number of hydrogen-bond donors (Lipinski definition) is 1. The maximum Gasteiger partial charge on any atom is 0.268 e. The predicted octanol–water partition coefficient (Wildman–Crippen LogP) is 2.21. The number of aromatic nitrogens is 1. The first-order valence-corrected chi connectivity index (χ1v) is 4.41. The maximum absolute atomic E-state index is 12.4. The van der Waals surface area contributed by atoms with Gasteiger partial charge in [-0.3, -0.25) is 0 Å². The monoisotopic (exact) mass is 300 g/mol. The number of nitrogens with zero attached hydrogens (tertiary/aromatic N) is 1. The highest BCUT2D eigenvalue weighted by molar-refractivity contribution is 14.1. The molecule has 0 amide bonds. The molecule has 0 atom stereocenters. The summed E-state index contributed by atoms with van der Waals surface area (Å²) < 4.78 is 29.9. The minimum Gasteiger partial charge on any atom is -0.495 e. The van der Waals surface area contributed by atoms with Crippen LogP contribution in [-0.4, -0.2) is 12.1 Å². The second-order valence-corrected chi connectivity index (χ2v) is 3.33. The van der Waals surface area contributed by atoms with Crippen LogP contribution < -0.4 is 10.5 Å². The number of rotatable bonds is 2. The van der Waals surface area contributed by atoms with Crippen LogP contribution >= 0.6 is 22.6 Å². The third-order valence-electron chi connectivity index (χ3n) is 1.47. The first-order chi connectivity index (χ1) is 6.07. The molecule has 0 saturated heterocycles. The number of halogens is 3. The summed E-state index contributed by atoms with van der Waals surface area (Å²) in [6.45, 7) is 0. The van der Waals surface area contributed by atoms with Gasteiger partial charge in [-0.2, -0.15) is 0 Å².